The van der Waals surface area contributed by atoms with Gasteiger partial charge in [-0.3, -0.25) is 5.32 Å². The molecule has 0 fully saturated rings. The van der Waals surface area contributed by atoms with Gasteiger partial charge in [-0.25, -0.2) is 14.4 Å². The molecule has 4 rings (SSSR count). The van der Waals surface area contributed by atoms with E-state index in [9.17, 15) is 9.65 Å². The van der Waals surface area contributed by atoms with E-state index in [4.69, 9.17) is 26.2 Å². The van der Waals surface area contributed by atoms with Crippen LogP contribution in [0.25, 0.3) is 0 Å². The number of fused-ring (bicyclic) bond motifs is 1. The molecule has 6 N–H and O–H groups in total. The standard InChI is InChI=1S/C23H19FN8O2/c1-33-16-7-4-13(8-17(16)34-10-12-2-5-14(24)6-3-12)20-18-19(27)15(9-25)21(28)31-22(18)32-23(30-20)29-11-26/h2-8,20H,10H2,1H3,(H6,27,28,29,30,31,32). The van der Waals surface area contributed by atoms with Gasteiger partial charge in [0.05, 0.1) is 12.8 Å². The van der Waals surface area contributed by atoms with Crippen molar-refractivity contribution in [2.24, 2.45) is 4.99 Å². The quantitative estimate of drug-likeness (QED) is 0.332. The third-order valence-corrected chi connectivity index (χ3v) is 5.17. The molecule has 2 heterocycles. The van der Waals surface area contributed by atoms with E-state index in [2.05, 4.69) is 20.6 Å². The summed E-state index contributed by atoms with van der Waals surface area (Å²) in [5.41, 5.74) is 14.2. The maximum atomic E-state index is 13.2. The van der Waals surface area contributed by atoms with Crippen LogP contribution in [-0.2, 0) is 6.61 Å². The Kier molecular flexibility index (Phi) is 6.01. The SMILES string of the molecule is COc1ccc(C2N=C(NC#N)Nc3nc(N)c(C#N)c(N)c32)cc1OCc1ccc(F)cc1. The zero-order valence-electron chi connectivity index (χ0n) is 18.0. The number of pyridine rings is 1. The zero-order chi connectivity index (χ0) is 24.2. The number of methoxy groups -OCH3 is 1. The van der Waals surface area contributed by atoms with Crippen molar-refractivity contribution >= 4 is 23.3 Å². The highest BCUT2D eigenvalue weighted by atomic mass is 19.1. The van der Waals surface area contributed by atoms with Gasteiger partial charge in [0.1, 0.15) is 41.7 Å². The first-order valence-corrected chi connectivity index (χ1v) is 9.99. The molecule has 3 aromatic rings. The Labute approximate surface area is 194 Å². The molecule has 170 valence electrons. The number of nitriles is 2. The van der Waals surface area contributed by atoms with Crippen LogP contribution in [0.5, 0.6) is 11.5 Å². The Morgan fingerprint density at radius 1 is 1.15 bits per heavy atom. The van der Waals surface area contributed by atoms with E-state index >= 15 is 0 Å². The first-order chi connectivity index (χ1) is 16.4. The molecule has 0 spiro atoms. The van der Waals surface area contributed by atoms with Crippen LogP contribution in [0.4, 0.5) is 21.7 Å². The second-order valence-electron chi connectivity index (χ2n) is 7.23. The third-order valence-electron chi connectivity index (χ3n) is 5.17. The summed E-state index contributed by atoms with van der Waals surface area (Å²) >= 11 is 0. The number of nitrogens with one attached hydrogen (secondary N) is 2. The summed E-state index contributed by atoms with van der Waals surface area (Å²) in [5, 5.41) is 23.9. The van der Waals surface area contributed by atoms with Crippen LogP contribution in [-0.4, -0.2) is 18.1 Å². The number of rotatable bonds is 5. The van der Waals surface area contributed by atoms with Crippen molar-refractivity contribution in [3.8, 4) is 23.8 Å². The van der Waals surface area contributed by atoms with Crippen LogP contribution in [0.3, 0.4) is 0 Å². The summed E-state index contributed by atoms with van der Waals surface area (Å²) in [5.74, 6) is 0.923. The molecule has 0 saturated heterocycles. The number of nitrogens with two attached hydrogens (primary N) is 2. The number of ether oxygens (including phenoxy) is 2. The number of guanidine groups is 1. The van der Waals surface area contributed by atoms with Crippen LogP contribution in [0.15, 0.2) is 47.5 Å². The van der Waals surface area contributed by atoms with Gasteiger partial charge < -0.3 is 26.3 Å². The number of nitrogens with zero attached hydrogens (tertiary/aromatic N) is 4. The molecule has 0 saturated carbocycles. The van der Waals surface area contributed by atoms with Crippen molar-refractivity contribution < 1.29 is 13.9 Å². The monoisotopic (exact) mass is 458 g/mol. The molecule has 0 radical (unpaired) electrons. The predicted molar refractivity (Wildman–Crippen MR) is 123 cm³/mol. The maximum absolute atomic E-state index is 13.2. The molecule has 2 aromatic carbocycles. The first kappa shape index (κ1) is 22.2. The molecular weight excluding hydrogens is 439 g/mol. The lowest BCUT2D eigenvalue weighted by atomic mass is 9.95. The number of halogens is 1. The number of anilines is 3. The number of aromatic nitrogens is 1. The van der Waals surface area contributed by atoms with Gasteiger partial charge in [-0.15, -0.1) is 0 Å². The van der Waals surface area contributed by atoms with Crippen molar-refractivity contribution in [1.29, 1.82) is 10.5 Å². The van der Waals surface area contributed by atoms with E-state index in [-0.39, 0.29) is 41.3 Å². The van der Waals surface area contributed by atoms with Crippen molar-refractivity contribution in [1.82, 2.24) is 10.3 Å². The second kappa shape index (κ2) is 9.22. The van der Waals surface area contributed by atoms with E-state index in [0.29, 0.717) is 22.6 Å². The van der Waals surface area contributed by atoms with E-state index in [1.54, 1.807) is 36.5 Å². The highest BCUT2D eigenvalue weighted by Crippen LogP contribution is 2.42. The third kappa shape index (κ3) is 4.18. The summed E-state index contributed by atoms with van der Waals surface area (Å²) < 4.78 is 24.6. The fourth-order valence-electron chi connectivity index (χ4n) is 3.54. The van der Waals surface area contributed by atoms with Crippen molar-refractivity contribution in [3.05, 3.63) is 70.5 Å². The Balaban J connectivity index is 1.77. The number of benzene rings is 2. The Morgan fingerprint density at radius 3 is 2.59 bits per heavy atom. The molecule has 0 bridgehead atoms. The normalized spacial score (nSPS) is 14.0. The van der Waals surface area contributed by atoms with Gasteiger partial charge in [-0.1, -0.05) is 18.2 Å². The fourth-order valence-corrected chi connectivity index (χ4v) is 3.54. The molecular formula is C23H19FN8O2. The first-order valence-electron chi connectivity index (χ1n) is 9.99. The molecule has 10 nitrogen and oxygen atoms in total. The number of hydrogen-bond acceptors (Lipinski definition) is 10. The summed E-state index contributed by atoms with van der Waals surface area (Å²) in [6.45, 7) is 0.173. The lowest BCUT2D eigenvalue weighted by molar-refractivity contribution is 0.284. The van der Waals surface area contributed by atoms with Crippen LogP contribution in [0.2, 0.25) is 0 Å². The van der Waals surface area contributed by atoms with Gasteiger partial charge in [0.25, 0.3) is 0 Å². The zero-order valence-corrected chi connectivity index (χ0v) is 18.0. The fraction of sp³-hybridized carbons (Fsp3) is 0.130. The van der Waals surface area contributed by atoms with Crippen molar-refractivity contribution in [3.63, 3.8) is 0 Å². The Hall–Kier alpha value is -5.03. The summed E-state index contributed by atoms with van der Waals surface area (Å²) in [7, 11) is 1.51. The smallest absolute Gasteiger partial charge is 0.211 e. The molecule has 0 aliphatic carbocycles. The Morgan fingerprint density at radius 2 is 1.91 bits per heavy atom. The van der Waals surface area contributed by atoms with E-state index in [0.717, 1.165) is 5.56 Å². The minimum Gasteiger partial charge on any atom is -0.493 e. The number of hydrogen-bond donors (Lipinski definition) is 4. The average Bonchev–Trinajstić information content (AvgIpc) is 2.83. The van der Waals surface area contributed by atoms with E-state index in [1.165, 1.54) is 19.2 Å². The van der Waals surface area contributed by atoms with Gasteiger partial charge in [-0.2, -0.15) is 10.5 Å². The van der Waals surface area contributed by atoms with Gasteiger partial charge in [0, 0.05) is 5.56 Å². The average molecular weight is 458 g/mol. The molecule has 1 unspecified atom stereocenters. The minimum absolute atomic E-state index is 0.0405. The summed E-state index contributed by atoms with van der Waals surface area (Å²) in [4.78, 5) is 8.78. The molecule has 1 aliphatic rings. The highest BCUT2D eigenvalue weighted by Gasteiger charge is 2.30. The number of aliphatic imine (C=N–C) groups is 1. The number of nitrogen functional groups attached to an aromatic ring is 2. The molecule has 1 aliphatic heterocycles. The molecule has 34 heavy (non-hydrogen) atoms. The van der Waals surface area contributed by atoms with Crippen LogP contribution >= 0.6 is 0 Å². The lowest BCUT2D eigenvalue weighted by Gasteiger charge is -2.26. The Bertz CT molecular complexity index is 1360. The van der Waals surface area contributed by atoms with Crippen LogP contribution < -0.4 is 31.6 Å². The van der Waals surface area contributed by atoms with Crippen molar-refractivity contribution in [2.75, 3.05) is 23.9 Å². The lowest BCUT2D eigenvalue weighted by Crippen LogP contribution is -2.32. The largest absolute Gasteiger partial charge is 0.493 e. The van der Waals surface area contributed by atoms with E-state index < -0.39 is 6.04 Å². The van der Waals surface area contributed by atoms with Gasteiger partial charge in [-0.05, 0) is 35.4 Å². The van der Waals surface area contributed by atoms with Crippen LogP contribution in [0.1, 0.15) is 28.3 Å². The van der Waals surface area contributed by atoms with Crippen LogP contribution in [0, 0.1) is 28.6 Å². The molecule has 0 amide bonds. The topological polar surface area (TPSA) is 167 Å². The predicted octanol–water partition coefficient (Wildman–Crippen LogP) is 2.79. The van der Waals surface area contributed by atoms with Crippen molar-refractivity contribution in [2.45, 2.75) is 12.6 Å². The van der Waals surface area contributed by atoms with Gasteiger partial charge in [0.15, 0.2) is 17.7 Å². The molecule has 1 aromatic heterocycles. The summed E-state index contributed by atoms with van der Waals surface area (Å²) in [6.07, 6.45) is 1.81. The summed E-state index contributed by atoms with van der Waals surface area (Å²) in [6, 6.07) is 12.4. The van der Waals surface area contributed by atoms with Gasteiger partial charge >= 0.3 is 0 Å². The molecule has 11 heteroatoms. The second-order valence-corrected chi connectivity index (χ2v) is 7.23. The van der Waals surface area contributed by atoms with Gasteiger partial charge in [0.2, 0.25) is 5.96 Å². The van der Waals surface area contributed by atoms with E-state index in [1.807, 2.05) is 6.07 Å². The molecule has 1 atom stereocenters. The highest BCUT2D eigenvalue weighted by molar-refractivity contribution is 5.98. The maximum Gasteiger partial charge on any atom is 0.211 e. The minimum atomic E-state index is -0.730.